The van der Waals surface area contributed by atoms with Crippen molar-refractivity contribution in [1.29, 1.82) is 0 Å². The molecule has 0 bridgehead atoms. The first-order valence-corrected chi connectivity index (χ1v) is 8.94. The maximum absolute atomic E-state index is 12.4. The lowest BCUT2D eigenvalue weighted by molar-refractivity contribution is 0.144. The van der Waals surface area contributed by atoms with Crippen LogP contribution >= 0.6 is 0 Å². The van der Waals surface area contributed by atoms with Crippen molar-refractivity contribution in [3.8, 4) is 0 Å². The summed E-state index contributed by atoms with van der Waals surface area (Å²) >= 11 is 0. The van der Waals surface area contributed by atoms with Crippen molar-refractivity contribution in [2.75, 3.05) is 0 Å². The maximum atomic E-state index is 12.4. The molecular weight excluding hydrogens is 316 g/mol. The standard InChI is InChI=1S/C15H22N4O3S/c1-4-14(20)10-19-9-13(17-18-19)8-16-23(21,22)15-6-5-11(2)7-12(15)3/h5-7,9,14,16,20H,4,8,10H2,1-3H3. The topological polar surface area (TPSA) is 97.1 Å². The number of nitrogens with zero attached hydrogens (tertiary/aromatic N) is 3. The van der Waals surface area contributed by atoms with Gasteiger partial charge in [-0.1, -0.05) is 29.8 Å². The number of hydrogen-bond acceptors (Lipinski definition) is 5. The Bertz CT molecular complexity index is 771. The molecule has 7 nitrogen and oxygen atoms in total. The van der Waals surface area contributed by atoms with E-state index in [2.05, 4.69) is 15.0 Å². The van der Waals surface area contributed by atoms with Crippen LogP contribution in [0.3, 0.4) is 0 Å². The van der Waals surface area contributed by atoms with Gasteiger partial charge in [0.05, 0.1) is 29.8 Å². The molecule has 0 aliphatic rings. The number of benzene rings is 1. The van der Waals surface area contributed by atoms with Crippen molar-refractivity contribution in [1.82, 2.24) is 19.7 Å². The van der Waals surface area contributed by atoms with Crippen LogP contribution in [0.1, 0.15) is 30.2 Å². The number of rotatable bonds is 7. The molecule has 2 N–H and O–H groups in total. The second-order valence-electron chi connectivity index (χ2n) is 5.59. The van der Waals surface area contributed by atoms with E-state index < -0.39 is 16.1 Å². The van der Waals surface area contributed by atoms with Crippen LogP contribution in [-0.2, 0) is 23.1 Å². The molecule has 0 amide bonds. The molecule has 0 aliphatic heterocycles. The van der Waals surface area contributed by atoms with E-state index in [1.165, 1.54) is 4.68 Å². The van der Waals surface area contributed by atoms with Crippen LogP contribution in [0.4, 0.5) is 0 Å². The van der Waals surface area contributed by atoms with Gasteiger partial charge in [0.15, 0.2) is 0 Å². The van der Waals surface area contributed by atoms with Gasteiger partial charge in [-0.05, 0) is 31.9 Å². The van der Waals surface area contributed by atoms with Crippen LogP contribution in [0, 0.1) is 13.8 Å². The number of aryl methyl sites for hydroxylation is 2. The molecule has 2 rings (SSSR count). The fraction of sp³-hybridized carbons (Fsp3) is 0.467. The normalized spacial score (nSPS) is 13.2. The zero-order valence-electron chi connectivity index (χ0n) is 13.5. The number of aromatic nitrogens is 3. The molecule has 0 radical (unpaired) electrons. The van der Waals surface area contributed by atoms with Gasteiger partial charge in [-0.2, -0.15) is 0 Å². The highest BCUT2D eigenvalue weighted by molar-refractivity contribution is 7.89. The minimum Gasteiger partial charge on any atom is -0.391 e. The van der Waals surface area contributed by atoms with Gasteiger partial charge in [0.25, 0.3) is 0 Å². The summed E-state index contributed by atoms with van der Waals surface area (Å²) in [5.74, 6) is 0. The molecular formula is C15H22N4O3S. The van der Waals surface area contributed by atoms with Gasteiger partial charge in [0.1, 0.15) is 0 Å². The van der Waals surface area contributed by atoms with Crippen LogP contribution in [0.25, 0.3) is 0 Å². The molecule has 1 heterocycles. The first kappa shape index (κ1) is 17.6. The fourth-order valence-electron chi connectivity index (χ4n) is 2.20. The van der Waals surface area contributed by atoms with Crippen LogP contribution < -0.4 is 4.72 Å². The van der Waals surface area contributed by atoms with Gasteiger partial charge in [-0.25, -0.2) is 17.8 Å². The van der Waals surface area contributed by atoms with Gasteiger partial charge >= 0.3 is 0 Å². The fourth-order valence-corrected chi connectivity index (χ4v) is 3.42. The Morgan fingerprint density at radius 1 is 1.35 bits per heavy atom. The third-order valence-electron chi connectivity index (χ3n) is 3.52. The molecule has 23 heavy (non-hydrogen) atoms. The lowest BCUT2D eigenvalue weighted by Crippen LogP contribution is -2.24. The van der Waals surface area contributed by atoms with E-state index in [0.29, 0.717) is 24.2 Å². The summed E-state index contributed by atoms with van der Waals surface area (Å²) in [5, 5.41) is 17.4. The second kappa shape index (κ2) is 7.20. The molecule has 0 saturated carbocycles. The first-order chi connectivity index (χ1) is 10.8. The molecule has 1 aromatic heterocycles. The van der Waals surface area contributed by atoms with Crippen molar-refractivity contribution in [2.24, 2.45) is 0 Å². The third kappa shape index (κ3) is 4.60. The Balaban J connectivity index is 2.05. The largest absolute Gasteiger partial charge is 0.391 e. The van der Waals surface area contributed by atoms with Gasteiger partial charge in [-0.3, -0.25) is 0 Å². The van der Waals surface area contributed by atoms with E-state index in [9.17, 15) is 13.5 Å². The Morgan fingerprint density at radius 2 is 2.09 bits per heavy atom. The molecule has 126 valence electrons. The molecule has 0 saturated heterocycles. The van der Waals surface area contributed by atoms with Crippen LogP contribution in [-0.4, -0.2) is 34.6 Å². The lowest BCUT2D eigenvalue weighted by atomic mass is 10.2. The molecule has 0 spiro atoms. The summed E-state index contributed by atoms with van der Waals surface area (Å²) in [7, 11) is -3.60. The average molecular weight is 338 g/mol. The second-order valence-corrected chi connectivity index (χ2v) is 7.32. The van der Waals surface area contributed by atoms with E-state index in [0.717, 1.165) is 5.56 Å². The summed E-state index contributed by atoms with van der Waals surface area (Å²) in [4.78, 5) is 0.261. The minimum absolute atomic E-state index is 0.0534. The quantitative estimate of drug-likeness (QED) is 0.789. The van der Waals surface area contributed by atoms with Crippen LogP contribution in [0.5, 0.6) is 0 Å². The minimum atomic E-state index is -3.60. The molecule has 8 heteroatoms. The Hall–Kier alpha value is -1.77. The Kier molecular flexibility index (Phi) is 5.51. The van der Waals surface area contributed by atoms with Crippen molar-refractivity contribution < 1.29 is 13.5 Å². The van der Waals surface area contributed by atoms with Crippen LogP contribution in [0.15, 0.2) is 29.3 Å². The summed E-state index contributed by atoms with van der Waals surface area (Å²) in [6.45, 7) is 5.95. The number of aliphatic hydroxyl groups excluding tert-OH is 1. The van der Waals surface area contributed by atoms with Gasteiger partial charge < -0.3 is 5.11 Å². The van der Waals surface area contributed by atoms with E-state index in [-0.39, 0.29) is 11.4 Å². The summed E-state index contributed by atoms with van der Waals surface area (Å²) in [5.41, 5.74) is 2.22. The van der Waals surface area contributed by atoms with Crippen molar-refractivity contribution in [3.05, 3.63) is 41.2 Å². The average Bonchev–Trinajstić information content (AvgIpc) is 2.92. The Morgan fingerprint density at radius 3 is 2.74 bits per heavy atom. The highest BCUT2D eigenvalue weighted by Crippen LogP contribution is 2.16. The van der Waals surface area contributed by atoms with Gasteiger partial charge in [0, 0.05) is 6.20 Å². The molecule has 2 aromatic rings. The smallest absolute Gasteiger partial charge is 0.241 e. The molecule has 0 fully saturated rings. The highest BCUT2D eigenvalue weighted by atomic mass is 32.2. The number of aliphatic hydroxyl groups is 1. The highest BCUT2D eigenvalue weighted by Gasteiger charge is 2.17. The summed E-state index contributed by atoms with van der Waals surface area (Å²) in [6, 6.07) is 5.20. The van der Waals surface area contributed by atoms with Crippen molar-refractivity contribution >= 4 is 10.0 Å². The zero-order chi connectivity index (χ0) is 17.0. The maximum Gasteiger partial charge on any atom is 0.241 e. The Labute approximate surface area is 136 Å². The van der Waals surface area contributed by atoms with Crippen molar-refractivity contribution in [3.63, 3.8) is 0 Å². The molecule has 1 unspecified atom stereocenters. The monoisotopic (exact) mass is 338 g/mol. The number of hydrogen-bond donors (Lipinski definition) is 2. The van der Waals surface area contributed by atoms with Crippen LogP contribution in [0.2, 0.25) is 0 Å². The van der Waals surface area contributed by atoms with E-state index in [4.69, 9.17) is 0 Å². The number of nitrogens with one attached hydrogen (secondary N) is 1. The van der Waals surface area contributed by atoms with Crippen molar-refractivity contribution in [2.45, 2.75) is 51.3 Å². The molecule has 1 aromatic carbocycles. The lowest BCUT2D eigenvalue weighted by Gasteiger charge is -2.09. The third-order valence-corrected chi connectivity index (χ3v) is 5.08. The SMILES string of the molecule is CCC(O)Cn1cc(CNS(=O)(=O)c2ccc(C)cc2C)nn1. The summed E-state index contributed by atoms with van der Waals surface area (Å²) in [6.07, 6.45) is 1.76. The predicted octanol–water partition coefficient (Wildman–Crippen LogP) is 1.14. The number of sulfonamides is 1. The van der Waals surface area contributed by atoms with Gasteiger partial charge in [0.2, 0.25) is 10.0 Å². The van der Waals surface area contributed by atoms with E-state index in [1.807, 2.05) is 19.9 Å². The van der Waals surface area contributed by atoms with E-state index in [1.54, 1.807) is 25.3 Å². The molecule has 1 atom stereocenters. The summed E-state index contributed by atoms with van der Waals surface area (Å²) < 4.78 is 28.8. The zero-order valence-corrected chi connectivity index (χ0v) is 14.3. The van der Waals surface area contributed by atoms with Gasteiger partial charge in [-0.15, -0.1) is 5.10 Å². The first-order valence-electron chi connectivity index (χ1n) is 7.46. The predicted molar refractivity (Wildman–Crippen MR) is 86.3 cm³/mol. The molecule has 0 aliphatic carbocycles. The van der Waals surface area contributed by atoms with E-state index >= 15 is 0 Å².